The van der Waals surface area contributed by atoms with Crippen LogP contribution in [0.25, 0.3) is 0 Å². The quantitative estimate of drug-likeness (QED) is 0.682. The van der Waals surface area contributed by atoms with E-state index < -0.39 is 0 Å². The van der Waals surface area contributed by atoms with Gasteiger partial charge in [-0.25, -0.2) is 0 Å². The van der Waals surface area contributed by atoms with Crippen molar-refractivity contribution in [3.8, 4) is 11.8 Å². The molecule has 1 saturated heterocycles. The van der Waals surface area contributed by atoms with E-state index in [0.717, 1.165) is 9.75 Å². The van der Waals surface area contributed by atoms with E-state index in [-0.39, 0.29) is 35.7 Å². The lowest BCUT2D eigenvalue weighted by molar-refractivity contribution is -0.143. The normalized spacial score (nSPS) is 25.6. The van der Waals surface area contributed by atoms with Crippen LogP contribution in [0.3, 0.4) is 0 Å². The van der Waals surface area contributed by atoms with E-state index in [2.05, 4.69) is 11.8 Å². The summed E-state index contributed by atoms with van der Waals surface area (Å²) in [5, 5.41) is 8.69. The highest BCUT2D eigenvalue weighted by molar-refractivity contribution is 7.12. The Balaban J connectivity index is 1.68. The number of hydrogen-bond donors (Lipinski definition) is 1. The number of carbonyl (C=O) groups is 2. The molecule has 0 bridgehead atoms. The number of likely N-dealkylation sites (tertiary alicyclic amines) is 1. The van der Waals surface area contributed by atoms with Gasteiger partial charge in [0.25, 0.3) is 0 Å². The number of amides is 2. The molecule has 1 aliphatic heterocycles. The summed E-state index contributed by atoms with van der Waals surface area (Å²) in [4.78, 5) is 27.7. The lowest BCUT2D eigenvalue weighted by atomic mass is 10.1. The molecule has 5 heteroatoms. The van der Waals surface area contributed by atoms with E-state index in [0.29, 0.717) is 13.0 Å². The molecule has 2 unspecified atom stereocenters. The van der Waals surface area contributed by atoms with Crippen LogP contribution in [-0.4, -0.2) is 28.4 Å². The standard InChI is InChI=1S/C16H17NO3S/c1-16(2)12-13(16)15(20)17(14(12)19)9-11-7-6-10(21-11)5-3-4-8-18/h6-7,12-13,18H,4,8-9H2,1-2H3. The molecule has 110 valence electrons. The van der Waals surface area contributed by atoms with Gasteiger partial charge in [0.05, 0.1) is 29.9 Å². The van der Waals surface area contributed by atoms with Crippen LogP contribution in [-0.2, 0) is 16.1 Å². The molecule has 1 aromatic rings. The van der Waals surface area contributed by atoms with Crippen molar-refractivity contribution in [2.45, 2.75) is 26.8 Å². The van der Waals surface area contributed by atoms with Crippen molar-refractivity contribution in [3.63, 3.8) is 0 Å². The van der Waals surface area contributed by atoms with Crippen LogP contribution >= 0.6 is 11.3 Å². The Kier molecular flexibility index (Phi) is 3.39. The van der Waals surface area contributed by atoms with Crippen molar-refractivity contribution >= 4 is 23.2 Å². The molecule has 2 aliphatic rings. The number of thiophene rings is 1. The van der Waals surface area contributed by atoms with Crippen LogP contribution in [0.15, 0.2) is 12.1 Å². The summed E-state index contributed by atoms with van der Waals surface area (Å²) in [5.74, 6) is 5.53. The first kappa shape index (κ1) is 14.3. The Bertz CT molecular complexity index is 641. The second kappa shape index (κ2) is 4.97. The fraction of sp³-hybridized carbons (Fsp3) is 0.500. The Morgan fingerprint density at radius 2 is 1.95 bits per heavy atom. The Labute approximate surface area is 127 Å². The molecule has 0 aromatic carbocycles. The third-order valence-corrected chi connectivity index (χ3v) is 5.30. The number of nitrogens with zero attached hydrogens (tertiary/aromatic N) is 1. The minimum Gasteiger partial charge on any atom is -0.395 e. The average Bonchev–Trinajstić information content (AvgIpc) is 2.74. The fourth-order valence-corrected chi connectivity index (χ4v) is 3.92. The first-order chi connectivity index (χ1) is 9.96. The zero-order valence-electron chi connectivity index (χ0n) is 12.0. The molecule has 1 aliphatic carbocycles. The molecule has 0 spiro atoms. The van der Waals surface area contributed by atoms with Gasteiger partial charge in [-0.2, -0.15) is 0 Å². The average molecular weight is 303 g/mol. The monoisotopic (exact) mass is 303 g/mol. The van der Waals surface area contributed by atoms with Crippen molar-refractivity contribution in [1.82, 2.24) is 4.90 Å². The summed E-state index contributed by atoms with van der Waals surface area (Å²) < 4.78 is 0. The maximum atomic E-state index is 12.2. The Morgan fingerprint density at radius 1 is 1.29 bits per heavy atom. The van der Waals surface area contributed by atoms with Crippen molar-refractivity contribution in [2.75, 3.05) is 6.61 Å². The van der Waals surface area contributed by atoms with Crippen molar-refractivity contribution in [2.24, 2.45) is 17.3 Å². The van der Waals surface area contributed by atoms with Crippen molar-refractivity contribution in [3.05, 3.63) is 21.9 Å². The van der Waals surface area contributed by atoms with E-state index in [1.807, 2.05) is 26.0 Å². The van der Waals surface area contributed by atoms with Gasteiger partial charge < -0.3 is 5.11 Å². The number of carbonyl (C=O) groups excluding carboxylic acids is 2. The molecule has 1 N–H and O–H groups in total. The van der Waals surface area contributed by atoms with Gasteiger partial charge in [-0.05, 0) is 17.5 Å². The first-order valence-corrected chi connectivity index (χ1v) is 7.82. The topological polar surface area (TPSA) is 57.6 Å². The van der Waals surface area contributed by atoms with Gasteiger partial charge in [-0.1, -0.05) is 25.7 Å². The van der Waals surface area contributed by atoms with Gasteiger partial charge in [0.1, 0.15) is 0 Å². The van der Waals surface area contributed by atoms with Crippen LogP contribution in [0, 0.1) is 29.1 Å². The molecule has 2 atom stereocenters. The minimum absolute atomic E-state index is 0.0312. The molecule has 1 saturated carbocycles. The molecule has 2 heterocycles. The van der Waals surface area contributed by atoms with Gasteiger partial charge in [0.2, 0.25) is 11.8 Å². The predicted octanol–water partition coefficient (Wildman–Crippen LogP) is 1.62. The third-order valence-electron chi connectivity index (χ3n) is 4.32. The SMILES string of the molecule is CC1(C)C2C(=O)N(Cc3ccc(C#CCCO)s3)C(=O)C21. The van der Waals surface area contributed by atoms with Crippen LogP contribution in [0.1, 0.15) is 30.0 Å². The molecule has 2 amide bonds. The number of aliphatic hydroxyl groups excluding tert-OH is 1. The number of aliphatic hydroxyl groups is 1. The lowest BCUT2D eigenvalue weighted by Gasteiger charge is -2.19. The number of imide groups is 1. The van der Waals surface area contributed by atoms with Gasteiger partial charge in [-0.15, -0.1) is 11.3 Å². The number of piperidine rings is 1. The third kappa shape index (κ3) is 2.29. The highest BCUT2D eigenvalue weighted by atomic mass is 32.1. The van der Waals surface area contributed by atoms with E-state index in [1.165, 1.54) is 16.2 Å². The number of hydrogen-bond acceptors (Lipinski definition) is 4. The van der Waals surface area contributed by atoms with Crippen LogP contribution in [0.2, 0.25) is 0 Å². The lowest BCUT2D eigenvalue weighted by Crippen LogP contribution is -2.35. The molecule has 0 radical (unpaired) electrons. The van der Waals surface area contributed by atoms with E-state index >= 15 is 0 Å². The molecular weight excluding hydrogens is 286 g/mol. The highest BCUT2D eigenvalue weighted by Gasteiger charge is 2.72. The van der Waals surface area contributed by atoms with Gasteiger partial charge >= 0.3 is 0 Å². The van der Waals surface area contributed by atoms with E-state index in [1.54, 1.807) is 0 Å². The summed E-state index contributed by atoms with van der Waals surface area (Å²) >= 11 is 1.49. The van der Waals surface area contributed by atoms with Crippen molar-refractivity contribution < 1.29 is 14.7 Å². The van der Waals surface area contributed by atoms with E-state index in [9.17, 15) is 9.59 Å². The van der Waals surface area contributed by atoms with Gasteiger partial charge in [-0.3, -0.25) is 14.5 Å². The number of rotatable bonds is 3. The van der Waals surface area contributed by atoms with Crippen LogP contribution in [0.5, 0.6) is 0 Å². The zero-order valence-corrected chi connectivity index (χ0v) is 12.9. The van der Waals surface area contributed by atoms with Crippen molar-refractivity contribution in [1.29, 1.82) is 0 Å². The molecule has 3 rings (SSSR count). The summed E-state index contributed by atoms with van der Waals surface area (Å²) in [5.41, 5.74) is -0.152. The molecule has 1 aromatic heterocycles. The summed E-state index contributed by atoms with van der Waals surface area (Å²) in [7, 11) is 0. The summed E-state index contributed by atoms with van der Waals surface area (Å²) in [6.07, 6.45) is 0.453. The molecular formula is C16H17NO3S. The number of fused-ring (bicyclic) bond motifs is 1. The molecule has 4 nitrogen and oxygen atoms in total. The van der Waals surface area contributed by atoms with E-state index in [4.69, 9.17) is 5.11 Å². The first-order valence-electron chi connectivity index (χ1n) is 7.00. The molecule has 21 heavy (non-hydrogen) atoms. The maximum Gasteiger partial charge on any atom is 0.234 e. The summed E-state index contributed by atoms with van der Waals surface area (Å²) in [6.45, 7) is 4.37. The largest absolute Gasteiger partial charge is 0.395 e. The van der Waals surface area contributed by atoms with Crippen LogP contribution in [0.4, 0.5) is 0 Å². The highest BCUT2D eigenvalue weighted by Crippen LogP contribution is 2.63. The second-order valence-corrected chi connectivity index (χ2v) is 7.25. The molecule has 2 fully saturated rings. The smallest absolute Gasteiger partial charge is 0.234 e. The second-order valence-electron chi connectivity index (χ2n) is 6.08. The minimum atomic E-state index is -0.152. The predicted molar refractivity (Wildman–Crippen MR) is 79.2 cm³/mol. The van der Waals surface area contributed by atoms with Gasteiger partial charge in [0.15, 0.2) is 0 Å². The van der Waals surface area contributed by atoms with Crippen LogP contribution < -0.4 is 0 Å². The Hall–Kier alpha value is -1.64. The Morgan fingerprint density at radius 3 is 2.57 bits per heavy atom. The maximum absolute atomic E-state index is 12.2. The fourth-order valence-electron chi connectivity index (χ4n) is 3.05. The summed E-state index contributed by atoms with van der Waals surface area (Å²) in [6, 6.07) is 3.79. The zero-order chi connectivity index (χ0) is 15.2. The van der Waals surface area contributed by atoms with Gasteiger partial charge in [0, 0.05) is 11.3 Å².